The summed E-state index contributed by atoms with van der Waals surface area (Å²) >= 11 is 2.91. The maximum absolute atomic E-state index is 12.9. The Balaban J connectivity index is 1.34. The van der Waals surface area contributed by atoms with Crippen LogP contribution in [0.3, 0.4) is 0 Å². The van der Waals surface area contributed by atoms with E-state index in [1.54, 1.807) is 30.1 Å². The van der Waals surface area contributed by atoms with E-state index in [2.05, 4.69) is 15.4 Å². The Morgan fingerprint density at radius 1 is 1.23 bits per heavy atom. The number of sulfonamides is 1. The van der Waals surface area contributed by atoms with E-state index >= 15 is 0 Å². The highest BCUT2D eigenvalue weighted by atomic mass is 32.2. The molecule has 0 spiro atoms. The van der Waals surface area contributed by atoms with Crippen LogP contribution in [0.5, 0.6) is 0 Å². The van der Waals surface area contributed by atoms with Crippen molar-refractivity contribution in [2.24, 2.45) is 7.05 Å². The molecule has 0 bridgehead atoms. The number of hydrogen-bond donors (Lipinski definition) is 0. The molecule has 0 aromatic carbocycles. The number of rotatable bonds is 6. The zero-order valence-electron chi connectivity index (χ0n) is 17.3. The van der Waals surface area contributed by atoms with Crippen molar-refractivity contribution in [3.63, 3.8) is 0 Å². The first-order valence-corrected chi connectivity index (χ1v) is 12.9. The molecule has 0 radical (unpaired) electrons. The summed E-state index contributed by atoms with van der Waals surface area (Å²) in [5.74, 6) is 1.20. The van der Waals surface area contributed by atoms with Crippen LogP contribution < -0.4 is 0 Å². The molecule has 4 heterocycles. The number of hydrogen-bond acceptors (Lipinski definition) is 9. The van der Waals surface area contributed by atoms with Gasteiger partial charge in [-0.2, -0.15) is 4.31 Å². The van der Waals surface area contributed by atoms with Gasteiger partial charge in [0.05, 0.1) is 10.6 Å². The van der Waals surface area contributed by atoms with Crippen molar-refractivity contribution in [3.05, 3.63) is 29.0 Å². The minimum atomic E-state index is -3.70. The minimum Gasteiger partial charge on any atom is -0.360 e. The fourth-order valence-electron chi connectivity index (χ4n) is 3.43. The molecule has 3 aromatic heterocycles. The van der Waals surface area contributed by atoms with Gasteiger partial charge in [0.2, 0.25) is 15.9 Å². The second-order valence-electron chi connectivity index (χ2n) is 7.07. The van der Waals surface area contributed by atoms with E-state index in [0.717, 1.165) is 10.7 Å². The molecule has 166 valence electrons. The van der Waals surface area contributed by atoms with Gasteiger partial charge in [0.25, 0.3) is 0 Å². The molecule has 0 atom stereocenters. The van der Waals surface area contributed by atoms with Gasteiger partial charge >= 0.3 is 0 Å². The van der Waals surface area contributed by atoms with Gasteiger partial charge in [-0.05, 0) is 25.3 Å². The molecule has 0 aliphatic carbocycles. The lowest BCUT2D eigenvalue weighted by Crippen LogP contribution is -2.51. The molecule has 3 aromatic rings. The summed E-state index contributed by atoms with van der Waals surface area (Å²) in [6.07, 6.45) is 0. The number of amides is 1. The van der Waals surface area contributed by atoms with Crippen LogP contribution in [0.15, 0.2) is 32.1 Å². The Labute approximate surface area is 188 Å². The highest BCUT2D eigenvalue weighted by Crippen LogP contribution is 2.27. The molecule has 31 heavy (non-hydrogen) atoms. The van der Waals surface area contributed by atoms with Crippen molar-refractivity contribution < 1.29 is 17.7 Å². The molecule has 13 heteroatoms. The van der Waals surface area contributed by atoms with E-state index in [1.165, 1.54) is 16.1 Å². The van der Waals surface area contributed by atoms with Gasteiger partial charge in [0.15, 0.2) is 16.7 Å². The Kier molecular flexibility index (Phi) is 6.19. The second-order valence-corrected chi connectivity index (χ2v) is 10.8. The van der Waals surface area contributed by atoms with Gasteiger partial charge in [-0.25, -0.2) is 8.42 Å². The Morgan fingerprint density at radius 2 is 1.97 bits per heavy atom. The first-order valence-electron chi connectivity index (χ1n) is 9.56. The van der Waals surface area contributed by atoms with Gasteiger partial charge in [-0.3, -0.25) is 4.79 Å². The average molecular weight is 483 g/mol. The number of nitrogens with zero attached hydrogens (tertiary/aromatic N) is 6. The van der Waals surface area contributed by atoms with Crippen molar-refractivity contribution in [1.82, 2.24) is 29.1 Å². The molecular weight excluding hydrogens is 460 g/mol. The van der Waals surface area contributed by atoms with Crippen LogP contribution in [0.4, 0.5) is 0 Å². The molecule has 0 N–H and O–H groups in total. The monoisotopic (exact) mass is 482 g/mol. The van der Waals surface area contributed by atoms with Crippen molar-refractivity contribution >= 4 is 39.0 Å². The zero-order valence-corrected chi connectivity index (χ0v) is 19.8. The van der Waals surface area contributed by atoms with Crippen molar-refractivity contribution in [2.75, 3.05) is 31.9 Å². The number of piperazine rings is 1. The van der Waals surface area contributed by atoms with Gasteiger partial charge in [0, 0.05) is 33.2 Å². The van der Waals surface area contributed by atoms with Gasteiger partial charge in [-0.1, -0.05) is 23.0 Å². The number of aromatic nitrogens is 4. The van der Waals surface area contributed by atoms with Gasteiger partial charge < -0.3 is 14.0 Å². The number of thioether (sulfide) groups is 1. The Morgan fingerprint density at radius 3 is 2.58 bits per heavy atom. The van der Waals surface area contributed by atoms with E-state index in [-0.39, 0.29) is 35.4 Å². The van der Waals surface area contributed by atoms with E-state index in [9.17, 15) is 13.2 Å². The van der Waals surface area contributed by atoms with E-state index in [0.29, 0.717) is 23.9 Å². The summed E-state index contributed by atoms with van der Waals surface area (Å²) in [5, 5.41) is 14.8. The van der Waals surface area contributed by atoms with Crippen LogP contribution in [0.2, 0.25) is 0 Å². The molecule has 1 aliphatic rings. The predicted octanol–water partition coefficient (Wildman–Crippen LogP) is 1.77. The van der Waals surface area contributed by atoms with Gasteiger partial charge in [0.1, 0.15) is 10.6 Å². The van der Waals surface area contributed by atoms with Crippen LogP contribution in [0.25, 0.3) is 10.7 Å². The minimum absolute atomic E-state index is 0.0555. The third-order valence-electron chi connectivity index (χ3n) is 5.06. The summed E-state index contributed by atoms with van der Waals surface area (Å²) < 4.78 is 34.1. The smallest absolute Gasteiger partial charge is 0.248 e. The summed E-state index contributed by atoms with van der Waals surface area (Å²) in [6, 6.07) is 3.93. The molecule has 1 aliphatic heterocycles. The van der Waals surface area contributed by atoms with Crippen molar-refractivity contribution in [2.45, 2.75) is 23.9 Å². The molecule has 0 unspecified atom stereocenters. The molecule has 1 amide bonds. The van der Waals surface area contributed by atoms with Crippen LogP contribution in [-0.4, -0.2) is 75.4 Å². The van der Waals surface area contributed by atoms with Crippen LogP contribution in [-0.2, 0) is 21.9 Å². The Bertz CT molecular complexity index is 1160. The number of carbonyl (C=O) groups is 1. The number of aryl methyl sites for hydroxylation is 2. The molecule has 1 saturated heterocycles. The fourth-order valence-corrected chi connectivity index (χ4v) is 6.70. The SMILES string of the molecule is Cc1noc(C)c1S(=O)(=O)N1CCN(C(=O)CSc2nnc(-c3cccs3)n2C)CC1. The predicted molar refractivity (Wildman–Crippen MR) is 116 cm³/mol. The zero-order chi connectivity index (χ0) is 22.2. The molecule has 4 rings (SSSR count). The van der Waals surface area contributed by atoms with E-state index in [4.69, 9.17) is 4.52 Å². The average Bonchev–Trinajstić information content (AvgIpc) is 3.47. The number of carbonyl (C=O) groups excluding carboxylic acids is 1. The lowest BCUT2D eigenvalue weighted by Gasteiger charge is -2.33. The third kappa shape index (κ3) is 4.27. The van der Waals surface area contributed by atoms with Crippen molar-refractivity contribution in [1.29, 1.82) is 0 Å². The maximum atomic E-state index is 12.9. The maximum Gasteiger partial charge on any atom is 0.248 e. The molecule has 10 nitrogen and oxygen atoms in total. The third-order valence-corrected chi connectivity index (χ3v) is 9.07. The standard InChI is InChI=1S/C18H22N6O4S3/c1-12-16(13(2)28-21-12)31(26,27)24-8-6-23(7-9-24)15(25)11-30-18-20-19-17(22(18)3)14-5-4-10-29-14/h4-5,10H,6-9,11H2,1-3H3. The highest BCUT2D eigenvalue weighted by Gasteiger charge is 2.34. The van der Waals surface area contributed by atoms with Crippen LogP contribution >= 0.6 is 23.1 Å². The number of thiophene rings is 1. The molecule has 1 fully saturated rings. The van der Waals surface area contributed by atoms with Crippen LogP contribution in [0, 0.1) is 13.8 Å². The topological polar surface area (TPSA) is 114 Å². The van der Waals surface area contributed by atoms with Crippen LogP contribution in [0.1, 0.15) is 11.5 Å². The van der Waals surface area contributed by atoms with E-state index < -0.39 is 10.0 Å². The molecule has 0 saturated carbocycles. The fraction of sp³-hybridized carbons (Fsp3) is 0.444. The first-order chi connectivity index (χ1) is 14.8. The largest absolute Gasteiger partial charge is 0.360 e. The second kappa shape index (κ2) is 8.73. The summed E-state index contributed by atoms with van der Waals surface area (Å²) in [4.78, 5) is 15.5. The first kappa shape index (κ1) is 22.0. The van der Waals surface area contributed by atoms with Gasteiger partial charge in [-0.15, -0.1) is 21.5 Å². The summed E-state index contributed by atoms with van der Waals surface area (Å²) in [7, 11) is -1.82. The highest BCUT2D eigenvalue weighted by molar-refractivity contribution is 7.99. The quantitative estimate of drug-likeness (QED) is 0.489. The lowest BCUT2D eigenvalue weighted by atomic mass is 10.3. The van der Waals surface area contributed by atoms with E-state index in [1.807, 2.05) is 29.1 Å². The Hall–Kier alpha value is -2.22. The summed E-state index contributed by atoms with van der Waals surface area (Å²) in [6.45, 7) is 4.32. The van der Waals surface area contributed by atoms with Crippen molar-refractivity contribution in [3.8, 4) is 10.7 Å². The normalized spacial score (nSPS) is 15.5. The summed E-state index contributed by atoms with van der Waals surface area (Å²) in [5.41, 5.74) is 0.345. The lowest BCUT2D eigenvalue weighted by molar-refractivity contribution is -0.129. The molecular formula is C18H22N6O4S3.